The number of hydrogen-bond acceptors (Lipinski definition) is 1. The van der Waals surface area contributed by atoms with Gasteiger partial charge in [-0.2, -0.15) is 0 Å². The van der Waals surface area contributed by atoms with Crippen molar-refractivity contribution in [2.45, 2.75) is 0 Å². The van der Waals surface area contributed by atoms with Crippen LogP contribution in [-0.2, 0) is 0 Å². The van der Waals surface area contributed by atoms with Gasteiger partial charge in [-0.05, 0) is 55.0 Å². The standard InChI is InChI=1S/C24H13BrO/c25-24-18-9-4-3-8-16(18)17-10-5-11-19-22(17)23(24)21-15-7-2-1-6-14(15)12-13-20(21)26-19/h1-13H. The molecule has 0 unspecified atom stereocenters. The van der Waals surface area contributed by atoms with E-state index in [2.05, 4.69) is 94.8 Å². The summed E-state index contributed by atoms with van der Waals surface area (Å²) in [6.07, 6.45) is 0. The molecule has 0 aliphatic carbocycles. The number of benzene rings is 5. The highest BCUT2D eigenvalue weighted by Crippen LogP contribution is 2.54. The maximum Gasteiger partial charge on any atom is 0.135 e. The van der Waals surface area contributed by atoms with Crippen molar-refractivity contribution >= 4 is 48.2 Å². The second-order valence-corrected chi connectivity index (χ2v) is 7.47. The monoisotopic (exact) mass is 396 g/mol. The van der Waals surface area contributed by atoms with Crippen molar-refractivity contribution in [1.29, 1.82) is 0 Å². The predicted octanol–water partition coefficient (Wildman–Crippen LogP) is 7.68. The van der Waals surface area contributed by atoms with Crippen LogP contribution in [0.4, 0.5) is 0 Å². The van der Waals surface area contributed by atoms with Crippen LogP contribution in [0.3, 0.4) is 0 Å². The summed E-state index contributed by atoms with van der Waals surface area (Å²) in [5.41, 5.74) is 2.40. The highest BCUT2D eigenvalue weighted by Gasteiger charge is 2.26. The molecule has 5 aromatic rings. The Morgan fingerprint density at radius 1 is 0.538 bits per heavy atom. The smallest absolute Gasteiger partial charge is 0.135 e. The number of ether oxygens (including phenoxy) is 1. The molecular formula is C24H13BrO. The zero-order valence-corrected chi connectivity index (χ0v) is 15.4. The van der Waals surface area contributed by atoms with Gasteiger partial charge < -0.3 is 4.74 Å². The highest BCUT2D eigenvalue weighted by atomic mass is 79.9. The number of rotatable bonds is 0. The fraction of sp³-hybridized carbons (Fsp3) is 0. The van der Waals surface area contributed by atoms with Gasteiger partial charge in [0.15, 0.2) is 0 Å². The Labute approximate surface area is 159 Å². The Morgan fingerprint density at radius 2 is 1.27 bits per heavy atom. The third-order valence-electron chi connectivity index (χ3n) is 5.31. The van der Waals surface area contributed by atoms with Crippen LogP contribution < -0.4 is 4.74 Å². The lowest BCUT2D eigenvalue weighted by molar-refractivity contribution is 0.488. The normalized spacial score (nSPS) is 12.3. The largest absolute Gasteiger partial charge is 0.456 e. The van der Waals surface area contributed by atoms with Gasteiger partial charge >= 0.3 is 0 Å². The first kappa shape index (κ1) is 14.3. The van der Waals surface area contributed by atoms with Crippen LogP contribution in [0, 0.1) is 0 Å². The maximum absolute atomic E-state index is 6.34. The maximum atomic E-state index is 6.34. The average Bonchev–Trinajstić information content (AvgIpc) is 2.70. The minimum atomic E-state index is 0.916. The van der Waals surface area contributed by atoms with Crippen LogP contribution in [0.1, 0.15) is 0 Å². The summed E-state index contributed by atoms with van der Waals surface area (Å²) in [5, 5.41) is 7.33. The van der Waals surface area contributed by atoms with E-state index >= 15 is 0 Å². The molecule has 0 bridgehead atoms. The van der Waals surface area contributed by atoms with Crippen molar-refractivity contribution in [3.63, 3.8) is 0 Å². The average molecular weight is 397 g/mol. The van der Waals surface area contributed by atoms with Crippen LogP contribution in [0.15, 0.2) is 83.3 Å². The predicted molar refractivity (Wildman–Crippen MR) is 112 cm³/mol. The van der Waals surface area contributed by atoms with E-state index in [1.54, 1.807) is 0 Å². The SMILES string of the molecule is Brc1c2c3c(cccc3c3ccccc13)Oc1ccc3ccccc3c1-2. The molecule has 0 amide bonds. The fourth-order valence-electron chi connectivity index (χ4n) is 4.20. The molecule has 1 heterocycles. The molecule has 0 saturated heterocycles. The first-order valence-corrected chi connectivity index (χ1v) is 9.45. The summed E-state index contributed by atoms with van der Waals surface area (Å²) < 4.78 is 7.47. The van der Waals surface area contributed by atoms with E-state index in [9.17, 15) is 0 Å². The minimum absolute atomic E-state index is 0.916. The molecule has 122 valence electrons. The van der Waals surface area contributed by atoms with E-state index in [0.717, 1.165) is 16.0 Å². The lowest BCUT2D eigenvalue weighted by Crippen LogP contribution is -1.99. The van der Waals surface area contributed by atoms with Crippen LogP contribution in [0.25, 0.3) is 43.4 Å². The Balaban J connectivity index is 1.93. The molecule has 5 aromatic carbocycles. The van der Waals surface area contributed by atoms with E-state index in [1.807, 2.05) is 0 Å². The summed E-state index contributed by atoms with van der Waals surface area (Å²) >= 11 is 3.93. The fourth-order valence-corrected chi connectivity index (χ4v) is 4.94. The van der Waals surface area contributed by atoms with Gasteiger partial charge in [-0.15, -0.1) is 0 Å². The van der Waals surface area contributed by atoms with Crippen molar-refractivity contribution in [3.05, 3.63) is 83.3 Å². The third kappa shape index (κ3) is 1.75. The third-order valence-corrected chi connectivity index (χ3v) is 6.13. The van der Waals surface area contributed by atoms with Gasteiger partial charge in [0.1, 0.15) is 11.5 Å². The van der Waals surface area contributed by atoms with Crippen molar-refractivity contribution in [2.75, 3.05) is 0 Å². The summed E-state index contributed by atoms with van der Waals surface area (Å²) in [7, 11) is 0. The molecule has 0 fully saturated rings. The molecule has 1 aliphatic rings. The van der Waals surface area contributed by atoms with Gasteiger partial charge in [-0.1, -0.05) is 66.7 Å². The Bertz CT molecular complexity index is 1370. The second-order valence-electron chi connectivity index (χ2n) is 6.68. The molecule has 0 atom stereocenters. The molecule has 0 spiro atoms. The summed E-state index contributed by atoms with van der Waals surface area (Å²) in [4.78, 5) is 0. The molecule has 2 heteroatoms. The van der Waals surface area contributed by atoms with Crippen molar-refractivity contribution in [1.82, 2.24) is 0 Å². The van der Waals surface area contributed by atoms with Gasteiger partial charge in [-0.25, -0.2) is 0 Å². The second kappa shape index (κ2) is 5.09. The lowest BCUT2D eigenvalue weighted by Gasteiger charge is -2.25. The van der Waals surface area contributed by atoms with E-state index < -0.39 is 0 Å². The van der Waals surface area contributed by atoms with E-state index in [0.29, 0.717) is 0 Å². The van der Waals surface area contributed by atoms with E-state index in [-0.39, 0.29) is 0 Å². The molecule has 1 nitrogen and oxygen atoms in total. The summed E-state index contributed by atoms with van der Waals surface area (Å²) in [6.45, 7) is 0. The van der Waals surface area contributed by atoms with E-state index in [1.165, 1.54) is 43.4 Å². The minimum Gasteiger partial charge on any atom is -0.456 e. The van der Waals surface area contributed by atoms with E-state index in [4.69, 9.17) is 4.74 Å². The van der Waals surface area contributed by atoms with Gasteiger partial charge in [0.25, 0.3) is 0 Å². The van der Waals surface area contributed by atoms with Gasteiger partial charge in [0.2, 0.25) is 0 Å². The Morgan fingerprint density at radius 3 is 2.15 bits per heavy atom. The molecule has 1 aliphatic heterocycles. The molecule has 0 aromatic heterocycles. The molecule has 26 heavy (non-hydrogen) atoms. The Hall–Kier alpha value is -2.84. The quantitative estimate of drug-likeness (QED) is 0.239. The van der Waals surface area contributed by atoms with Crippen LogP contribution in [-0.4, -0.2) is 0 Å². The Kier molecular flexibility index (Phi) is 2.81. The van der Waals surface area contributed by atoms with Crippen molar-refractivity contribution < 1.29 is 4.74 Å². The molecule has 0 saturated carbocycles. The van der Waals surface area contributed by atoms with Crippen LogP contribution >= 0.6 is 15.9 Å². The molecule has 0 N–H and O–H groups in total. The number of halogens is 1. The summed E-state index contributed by atoms with van der Waals surface area (Å²) in [6, 6.07) is 27.6. The first-order chi connectivity index (χ1) is 12.8. The van der Waals surface area contributed by atoms with Gasteiger partial charge in [0, 0.05) is 21.0 Å². The molecule has 0 radical (unpaired) electrons. The van der Waals surface area contributed by atoms with Gasteiger partial charge in [0.05, 0.1) is 0 Å². The topological polar surface area (TPSA) is 9.23 Å². The summed E-state index contributed by atoms with van der Waals surface area (Å²) in [5.74, 6) is 1.84. The lowest BCUT2D eigenvalue weighted by atomic mass is 9.88. The zero-order valence-electron chi connectivity index (χ0n) is 13.8. The zero-order chi connectivity index (χ0) is 17.3. The number of fused-ring (bicyclic) bond motifs is 6. The van der Waals surface area contributed by atoms with Gasteiger partial charge in [-0.3, -0.25) is 0 Å². The number of hydrogen-bond donors (Lipinski definition) is 0. The van der Waals surface area contributed by atoms with Crippen molar-refractivity contribution in [2.24, 2.45) is 0 Å². The molecule has 6 rings (SSSR count). The first-order valence-electron chi connectivity index (χ1n) is 8.66. The van der Waals surface area contributed by atoms with Crippen LogP contribution in [0.5, 0.6) is 11.5 Å². The molecular weight excluding hydrogens is 384 g/mol. The van der Waals surface area contributed by atoms with Crippen LogP contribution in [0.2, 0.25) is 0 Å². The van der Waals surface area contributed by atoms with Crippen molar-refractivity contribution in [3.8, 4) is 22.6 Å². The highest BCUT2D eigenvalue weighted by molar-refractivity contribution is 9.10.